The fraction of sp³-hybridized carbons (Fsp3) is 0.304. The van der Waals surface area contributed by atoms with Crippen molar-refractivity contribution in [1.82, 2.24) is 5.48 Å². The van der Waals surface area contributed by atoms with E-state index < -0.39 is 23.5 Å². The van der Waals surface area contributed by atoms with Gasteiger partial charge in [0.25, 0.3) is 5.91 Å². The number of amides is 2. The van der Waals surface area contributed by atoms with Gasteiger partial charge in [0.15, 0.2) is 11.5 Å². The quantitative estimate of drug-likeness (QED) is 0.264. The fourth-order valence-corrected chi connectivity index (χ4v) is 3.14. The SMILES string of the molecule is COc1ccc([C@@H](OC(=O)Nc2ccccc2)C(C)(C)CC/C=C/C(=O)NO)cc1O. The summed E-state index contributed by atoms with van der Waals surface area (Å²) in [5.41, 5.74) is 2.17. The van der Waals surface area contributed by atoms with Gasteiger partial charge in [0.1, 0.15) is 6.10 Å². The van der Waals surface area contributed by atoms with Crippen molar-refractivity contribution >= 4 is 17.7 Å². The molecule has 0 heterocycles. The van der Waals surface area contributed by atoms with Gasteiger partial charge in [-0.15, -0.1) is 0 Å². The molecule has 2 amide bonds. The van der Waals surface area contributed by atoms with E-state index >= 15 is 0 Å². The minimum atomic E-state index is -0.701. The van der Waals surface area contributed by atoms with Crippen LogP contribution in [0.5, 0.6) is 11.5 Å². The second-order valence-corrected chi connectivity index (χ2v) is 7.61. The first-order valence-electron chi connectivity index (χ1n) is 9.77. The van der Waals surface area contributed by atoms with Crippen LogP contribution in [0.1, 0.15) is 38.4 Å². The molecule has 0 aromatic heterocycles. The number of hydrogen-bond acceptors (Lipinski definition) is 6. The highest BCUT2D eigenvalue weighted by atomic mass is 16.6. The Morgan fingerprint density at radius 2 is 1.87 bits per heavy atom. The second kappa shape index (κ2) is 11.0. The number of methoxy groups -OCH3 is 1. The van der Waals surface area contributed by atoms with Crippen molar-refractivity contribution in [3.63, 3.8) is 0 Å². The van der Waals surface area contributed by atoms with Gasteiger partial charge in [-0.25, -0.2) is 10.3 Å². The lowest BCUT2D eigenvalue weighted by Crippen LogP contribution is -2.29. The zero-order valence-electron chi connectivity index (χ0n) is 17.8. The van der Waals surface area contributed by atoms with Crippen molar-refractivity contribution in [2.75, 3.05) is 12.4 Å². The van der Waals surface area contributed by atoms with Gasteiger partial charge in [0.2, 0.25) is 0 Å². The topological polar surface area (TPSA) is 117 Å². The van der Waals surface area contributed by atoms with Crippen molar-refractivity contribution in [1.29, 1.82) is 0 Å². The van der Waals surface area contributed by atoms with Crippen LogP contribution in [-0.2, 0) is 9.53 Å². The molecule has 0 saturated carbocycles. The normalized spacial score (nSPS) is 12.3. The summed E-state index contributed by atoms with van der Waals surface area (Å²) in [6.07, 6.45) is 2.58. The minimum absolute atomic E-state index is 0.0626. The van der Waals surface area contributed by atoms with E-state index in [9.17, 15) is 14.7 Å². The molecule has 0 spiro atoms. The first-order valence-corrected chi connectivity index (χ1v) is 9.77. The van der Waals surface area contributed by atoms with E-state index in [0.717, 1.165) is 0 Å². The van der Waals surface area contributed by atoms with Gasteiger partial charge in [-0.3, -0.25) is 15.3 Å². The summed E-state index contributed by atoms with van der Waals surface area (Å²) >= 11 is 0. The van der Waals surface area contributed by atoms with Crippen LogP contribution >= 0.6 is 0 Å². The molecule has 0 unspecified atom stereocenters. The molecule has 1 atom stereocenters. The number of anilines is 1. The molecule has 0 radical (unpaired) electrons. The zero-order valence-corrected chi connectivity index (χ0v) is 17.8. The number of phenolic OH excluding ortho intramolecular Hbond substituents is 1. The maximum Gasteiger partial charge on any atom is 0.412 e. The molecule has 8 nitrogen and oxygen atoms in total. The molecule has 0 aliphatic heterocycles. The smallest absolute Gasteiger partial charge is 0.412 e. The highest BCUT2D eigenvalue weighted by Crippen LogP contribution is 2.42. The lowest BCUT2D eigenvalue weighted by molar-refractivity contribution is -0.124. The number of carbonyl (C=O) groups excluding carboxylic acids is 2. The van der Waals surface area contributed by atoms with Gasteiger partial charge in [-0.05, 0) is 42.7 Å². The summed E-state index contributed by atoms with van der Waals surface area (Å²) < 4.78 is 10.9. The molecule has 2 aromatic rings. The number of phenols is 1. The van der Waals surface area contributed by atoms with E-state index in [0.29, 0.717) is 29.8 Å². The summed E-state index contributed by atoms with van der Waals surface area (Å²) in [6, 6.07) is 13.8. The third-order valence-electron chi connectivity index (χ3n) is 4.80. The Bertz CT molecular complexity index is 912. The van der Waals surface area contributed by atoms with Crippen LogP contribution in [-0.4, -0.2) is 29.4 Å². The zero-order chi connectivity index (χ0) is 22.9. The first-order chi connectivity index (χ1) is 14.8. The standard InChI is InChI=1S/C23H28N2O6/c1-23(2,14-8-7-11-20(27)25-29)21(16-12-13-19(30-3)18(26)15-16)31-22(28)24-17-9-5-4-6-10-17/h4-7,9-13,15,21,26,29H,8,14H2,1-3H3,(H,24,28)(H,25,27)/b11-7+/t21-/m1/s1. The number of rotatable bonds is 9. The number of allylic oxidation sites excluding steroid dienone is 1. The number of carbonyl (C=O) groups is 2. The predicted octanol–water partition coefficient (Wildman–Crippen LogP) is 4.56. The van der Waals surface area contributed by atoms with E-state index in [1.54, 1.807) is 42.5 Å². The van der Waals surface area contributed by atoms with Gasteiger partial charge in [0, 0.05) is 17.2 Å². The van der Waals surface area contributed by atoms with Gasteiger partial charge in [-0.1, -0.05) is 44.2 Å². The Morgan fingerprint density at radius 3 is 2.48 bits per heavy atom. The first kappa shape index (κ1) is 23.8. The lowest BCUT2D eigenvalue weighted by Gasteiger charge is -2.34. The fourth-order valence-electron chi connectivity index (χ4n) is 3.14. The summed E-state index contributed by atoms with van der Waals surface area (Å²) in [6.45, 7) is 3.85. The highest BCUT2D eigenvalue weighted by molar-refractivity contribution is 5.86. The van der Waals surface area contributed by atoms with Crippen molar-refractivity contribution in [3.8, 4) is 11.5 Å². The number of benzene rings is 2. The largest absolute Gasteiger partial charge is 0.504 e. The monoisotopic (exact) mass is 428 g/mol. The predicted molar refractivity (Wildman–Crippen MR) is 116 cm³/mol. The molecule has 0 saturated heterocycles. The Kier molecular flexibility index (Phi) is 8.45. The molecule has 0 fully saturated rings. The molecule has 0 bridgehead atoms. The minimum Gasteiger partial charge on any atom is -0.504 e. The van der Waals surface area contributed by atoms with E-state index in [2.05, 4.69) is 5.32 Å². The number of hydroxylamine groups is 1. The van der Waals surface area contributed by atoms with Gasteiger partial charge in [0.05, 0.1) is 7.11 Å². The van der Waals surface area contributed by atoms with Crippen LogP contribution in [0.15, 0.2) is 60.7 Å². The maximum absolute atomic E-state index is 12.6. The highest BCUT2D eigenvalue weighted by Gasteiger charge is 2.34. The Labute approximate surface area is 181 Å². The maximum atomic E-state index is 12.6. The molecular formula is C23H28N2O6. The van der Waals surface area contributed by atoms with Gasteiger partial charge in [-0.2, -0.15) is 0 Å². The second-order valence-electron chi connectivity index (χ2n) is 7.61. The molecule has 2 rings (SSSR count). The van der Waals surface area contributed by atoms with E-state index in [1.807, 2.05) is 19.9 Å². The van der Waals surface area contributed by atoms with E-state index in [-0.39, 0.29) is 5.75 Å². The molecule has 166 valence electrons. The van der Waals surface area contributed by atoms with Crippen LogP contribution in [0.2, 0.25) is 0 Å². The Balaban J connectivity index is 2.23. The van der Waals surface area contributed by atoms with E-state index in [1.165, 1.54) is 24.7 Å². The van der Waals surface area contributed by atoms with Crippen molar-refractivity contribution in [2.45, 2.75) is 32.8 Å². The van der Waals surface area contributed by atoms with Crippen molar-refractivity contribution in [2.24, 2.45) is 5.41 Å². The number of ether oxygens (including phenoxy) is 2. The van der Waals surface area contributed by atoms with Crippen molar-refractivity contribution < 1.29 is 29.4 Å². The van der Waals surface area contributed by atoms with Gasteiger partial charge < -0.3 is 14.6 Å². The third-order valence-corrected chi connectivity index (χ3v) is 4.80. The third kappa shape index (κ3) is 7.04. The van der Waals surface area contributed by atoms with E-state index in [4.69, 9.17) is 14.7 Å². The average molecular weight is 428 g/mol. The Hall–Kier alpha value is -3.52. The summed E-state index contributed by atoms with van der Waals surface area (Å²) in [5.74, 6) is -0.368. The number of para-hydroxylation sites is 1. The number of nitrogens with one attached hydrogen (secondary N) is 2. The Morgan fingerprint density at radius 1 is 1.16 bits per heavy atom. The summed E-state index contributed by atoms with van der Waals surface area (Å²) in [5, 5.41) is 21.5. The van der Waals surface area contributed by atoms with Crippen LogP contribution in [0.4, 0.5) is 10.5 Å². The molecule has 0 aliphatic carbocycles. The van der Waals surface area contributed by atoms with Crippen LogP contribution in [0, 0.1) is 5.41 Å². The molecule has 4 N–H and O–H groups in total. The molecule has 31 heavy (non-hydrogen) atoms. The lowest BCUT2D eigenvalue weighted by atomic mass is 9.78. The van der Waals surface area contributed by atoms with Crippen LogP contribution in [0.25, 0.3) is 0 Å². The van der Waals surface area contributed by atoms with Gasteiger partial charge >= 0.3 is 6.09 Å². The molecular weight excluding hydrogens is 400 g/mol. The average Bonchev–Trinajstić information content (AvgIpc) is 2.75. The summed E-state index contributed by atoms with van der Waals surface area (Å²) in [7, 11) is 1.45. The molecule has 2 aromatic carbocycles. The molecule has 8 heteroatoms. The number of hydrogen-bond donors (Lipinski definition) is 4. The van der Waals surface area contributed by atoms with Crippen LogP contribution in [0.3, 0.4) is 0 Å². The molecule has 0 aliphatic rings. The van der Waals surface area contributed by atoms with Crippen LogP contribution < -0.4 is 15.5 Å². The number of aromatic hydroxyl groups is 1. The van der Waals surface area contributed by atoms with Crippen molar-refractivity contribution in [3.05, 3.63) is 66.2 Å². The summed E-state index contributed by atoms with van der Waals surface area (Å²) in [4.78, 5) is 23.7.